The summed E-state index contributed by atoms with van der Waals surface area (Å²) >= 11 is 4.98. The van der Waals surface area contributed by atoms with Crippen LogP contribution in [0.25, 0.3) is 10.8 Å². The van der Waals surface area contributed by atoms with Gasteiger partial charge in [0.2, 0.25) is 0 Å². The van der Waals surface area contributed by atoms with Gasteiger partial charge >= 0.3 is 0 Å². The number of nitrogens with one attached hydrogen (secondary N) is 1. The summed E-state index contributed by atoms with van der Waals surface area (Å²) in [5, 5.41) is 4.42. The van der Waals surface area contributed by atoms with Crippen LogP contribution >= 0.6 is 12.2 Å². The van der Waals surface area contributed by atoms with E-state index in [1.165, 1.54) is 0 Å². The van der Waals surface area contributed by atoms with E-state index in [1.807, 2.05) is 24.3 Å². The van der Waals surface area contributed by atoms with Gasteiger partial charge in [0.05, 0.1) is 6.54 Å². The van der Waals surface area contributed by atoms with Gasteiger partial charge < -0.3 is 11.1 Å². The first-order valence-corrected chi connectivity index (χ1v) is 5.84. The molecule has 0 aromatic heterocycles. The van der Waals surface area contributed by atoms with Gasteiger partial charge in [-0.2, -0.15) is 0 Å². The van der Waals surface area contributed by atoms with Gasteiger partial charge in [0, 0.05) is 16.6 Å². The van der Waals surface area contributed by atoms with E-state index < -0.39 is 6.43 Å². The van der Waals surface area contributed by atoms with Crippen LogP contribution in [0.15, 0.2) is 36.4 Å². The topological polar surface area (TPSA) is 38.0 Å². The normalized spacial score (nSPS) is 10.8. The van der Waals surface area contributed by atoms with Crippen LogP contribution in [0.2, 0.25) is 0 Å². The maximum absolute atomic E-state index is 12.2. The number of hydrogen-bond acceptors (Lipinski definition) is 2. The Hall–Kier alpha value is -1.75. The third-order valence-electron chi connectivity index (χ3n) is 2.64. The molecule has 0 fully saturated rings. The Labute approximate surface area is 109 Å². The van der Waals surface area contributed by atoms with Crippen molar-refractivity contribution < 1.29 is 8.78 Å². The molecule has 0 aliphatic carbocycles. The molecular formula is C13H12F2N2S. The van der Waals surface area contributed by atoms with E-state index in [-0.39, 0.29) is 6.54 Å². The molecule has 0 radical (unpaired) electrons. The van der Waals surface area contributed by atoms with E-state index >= 15 is 0 Å². The monoisotopic (exact) mass is 266 g/mol. The van der Waals surface area contributed by atoms with E-state index in [1.54, 1.807) is 12.1 Å². The average molecular weight is 266 g/mol. The van der Waals surface area contributed by atoms with E-state index in [0.717, 1.165) is 16.3 Å². The lowest BCUT2D eigenvalue weighted by atomic mass is 10.0. The first kappa shape index (κ1) is 12.7. The fraction of sp³-hybridized carbons (Fsp3) is 0.154. The minimum atomic E-state index is -2.39. The summed E-state index contributed by atoms with van der Waals surface area (Å²) < 4.78 is 24.4. The molecule has 0 bridgehead atoms. The predicted molar refractivity (Wildman–Crippen MR) is 74.3 cm³/mol. The summed E-state index contributed by atoms with van der Waals surface area (Å²) in [6, 6.07) is 10.9. The van der Waals surface area contributed by atoms with Crippen molar-refractivity contribution in [3.05, 3.63) is 42.0 Å². The molecule has 2 nitrogen and oxygen atoms in total. The van der Waals surface area contributed by atoms with Crippen LogP contribution in [-0.2, 0) is 0 Å². The molecule has 0 amide bonds. The van der Waals surface area contributed by atoms with Crippen molar-refractivity contribution in [3.8, 4) is 0 Å². The third kappa shape index (κ3) is 2.56. The zero-order valence-corrected chi connectivity index (χ0v) is 10.3. The summed E-state index contributed by atoms with van der Waals surface area (Å²) in [5.74, 6) is 0. The Kier molecular flexibility index (Phi) is 3.72. The number of anilines is 1. The standard InChI is InChI=1S/C13H12F2N2S/c14-12(15)7-17-11-6-5-10(13(16)18)8-3-1-2-4-9(8)11/h1-6,12,17H,7H2,(H2,16,18). The SMILES string of the molecule is NC(=S)c1ccc(NCC(F)F)c2ccccc12. The van der Waals surface area contributed by atoms with E-state index in [4.69, 9.17) is 18.0 Å². The van der Waals surface area contributed by atoms with Gasteiger partial charge in [0.1, 0.15) is 4.99 Å². The zero-order valence-electron chi connectivity index (χ0n) is 9.49. The molecule has 18 heavy (non-hydrogen) atoms. The third-order valence-corrected chi connectivity index (χ3v) is 2.86. The van der Waals surface area contributed by atoms with Gasteiger partial charge in [-0.3, -0.25) is 0 Å². The molecule has 2 aromatic rings. The number of fused-ring (bicyclic) bond motifs is 1. The predicted octanol–water partition coefficient (Wildman–Crippen LogP) is 3.15. The Bertz CT molecular complexity index is 584. The van der Waals surface area contributed by atoms with Crippen LogP contribution < -0.4 is 11.1 Å². The second kappa shape index (κ2) is 5.27. The molecule has 3 N–H and O–H groups in total. The lowest BCUT2D eigenvalue weighted by Crippen LogP contribution is -2.12. The van der Waals surface area contributed by atoms with Crippen molar-refractivity contribution in [1.82, 2.24) is 0 Å². The van der Waals surface area contributed by atoms with Crippen LogP contribution in [0.3, 0.4) is 0 Å². The lowest BCUT2D eigenvalue weighted by Gasteiger charge is -2.12. The molecule has 0 aliphatic rings. The summed E-state index contributed by atoms with van der Waals surface area (Å²) in [7, 11) is 0. The number of nitrogens with two attached hydrogens (primary N) is 1. The quantitative estimate of drug-likeness (QED) is 0.835. The molecule has 0 spiro atoms. The van der Waals surface area contributed by atoms with Crippen LogP contribution in [0, 0.1) is 0 Å². The Balaban J connectivity index is 2.50. The highest BCUT2D eigenvalue weighted by atomic mass is 32.1. The maximum Gasteiger partial charge on any atom is 0.255 e. The van der Waals surface area contributed by atoms with Gasteiger partial charge in [-0.15, -0.1) is 0 Å². The molecule has 0 aliphatic heterocycles. The smallest absolute Gasteiger partial charge is 0.255 e. The fourth-order valence-electron chi connectivity index (χ4n) is 1.86. The van der Waals surface area contributed by atoms with Crippen molar-refractivity contribution >= 4 is 33.7 Å². The largest absolute Gasteiger partial charge is 0.389 e. The summed E-state index contributed by atoms with van der Waals surface area (Å²) in [6.45, 7) is -0.379. The average Bonchev–Trinajstić information content (AvgIpc) is 2.35. The van der Waals surface area contributed by atoms with E-state index in [9.17, 15) is 8.78 Å². The van der Waals surface area contributed by atoms with Crippen LogP contribution in [-0.4, -0.2) is 18.0 Å². The Morgan fingerprint density at radius 1 is 1.17 bits per heavy atom. The minimum absolute atomic E-state index is 0.298. The van der Waals surface area contributed by atoms with Crippen LogP contribution in [0.1, 0.15) is 5.56 Å². The molecular weight excluding hydrogens is 254 g/mol. The van der Waals surface area contributed by atoms with Gasteiger partial charge in [-0.1, -0.05) is 36.5 Å². The maximum atomic E-state index is 12.2. The second-order valence-corrected chi connectivity index (χ2v) is 4.28. The van der Waals surface area contributed by atoms with Crippen molar-refractivity contribution in [3.63, 3.8) is 0 Å². The molecule has 2 aromatic carbocycles. The highest BCUT2D eigenvalue weighted by Gasteiger charge is 2.08. The molecule has 0 atom stereocenters. The second-order valence-electron chi connectivity index (χ2n) is 3.84. The van der Waals surface area contributed by atoms with Crippen molar-refractivity contribution in [2.45, 2.75) is 6.43 Å². The van der Waals surface area contributed by atoms with Crippen molar-refractivity contribution in [1.29, 1.82) is 0 Å². The molecule has 0 heterocycles. The van der Waals surface area contributed by atoms with Gasteiger partial charge in [-0.05, 0) is 17.5 Å². The van der Waals surface area contributed by atoms with Gasteiger partial charge in [-0.25, -0.2) is 8.78 Å². The van der Waals surface area contributed by atoms with Gasteiger partial charge in [0.15, 0.2) is 0 Å². The molecule has 94 valence electrons. The molecule has 0 saturated heterocycles. The number of hydrogen-bond donors (Lipinski definition) is 2. The van der Waals surface area contributed by atoms with Crippen molar-refractivity contribution in [2.75, 3.05) is 11.9 Å². The van der Waals surface area contributed by atoms with E-state index in [2.05, 4.69) is 5.32 Å². The minimum Gasteiger partial charge on any atom is -0.389 e. The molecule has 0 unspecified atom stereocenters. The first-order chi connectivity index (χ1) is 8.59. The van der Waals surface area contributed by atoms with Crippen LogP contribution in [0.4, 0.5) is 14.5 Å². The number of thiocarbonyl (C=S) groups is 1. The van der Waals surface area contributed by atoms with Gasteiger partial charge in [0.25, 0.3) is 6.43 Å². The zero-order chi connectivity index (χ0) is 13.1. The molecule has 5 heteroatoms. The highest BCUT2D eigenvalue weighted by Crippen LogP contribution is 2.26. The van der Waals surface area contributed by atoms with E-state index in [0.29, 0.717) is 10.7 Å². The molecule has 2 rings (SSSR count). The lowest BCUT2D eigenvalue weighted by molar-refractivity contribution is 0.163. The van der Waals surface area contributed by atoms with Crippen molar-refractivity contribution in [2.24, 2.45) is 5.73 Å². The fourth-order valence-corrected chi connectivity index (χ4v) is 2.03. The summed E-state index contributed by atoms with van der Waals surface area (Å²) in [5.41, 5.74) is 7.05. The Morgan fingerprint density at radius 3 is 2.44 bits per heavy atom. The number of alkyl halides is 2. The number of rotatable bonds is 4. The summed E-state index contributed by atoms with van der Waals surface area (Å²) in [6.07, 6.45) is -2.39. The number of benzene rings is 2. The highest BCUT2D eigenvalue weighted by molar-refractivity contribution is 7.80. The van der Waals surface area contributed by atoms with Crippen LogP contribution in [0.5, 0.6) is 0 Å². The first-order valence-electron chi connectivity index (χ1n) is 5.43. The summed E-state index contributed by atoms with van der Waals surface area (Å²) in [4.78, 5) is 0.298. The molecule has 0 saturated carbocycles. The Morgan fingerprint density at radius 2 is 1.83 bits per heavy atom. The number of halogens is 2.